The second kappa shape index (κ2) is 9.28. The van der Waals surface area contributed by atoms with E-state index in [1.54, 1.807) is 54.3 Å². The average Bonchev–Trinajstić information content (AvgIpc) is 3.43. The van der Waals surface area contributed by atoms with Gasteiger partial charge in [-0.15, -0.1) is 0 Å². The van der Waals surface area contributed by atoms with E-state index in [2.05, 4.69) is 10.9 Å². The number of nitrogens with zero attached hydrogens (tertiary/aromatic N) is 2. The minimum absolute atomic E-state index is 0.0437. The number of nitrogens with one attached hydrogen (secondary N) is 2. The molecule has 2 heterocycles. The summed E-state index contributed by atoms with van der Waals surface area (Å²) in [7, 11) is 0. The molecule has 2 fully saturated rings. The number of carbonyl (C=O) groups excluding carboxylic acids is 2. The maximum atomic E-state index is 13.7. The molecule has 9 heteroatoms. The van der Waals surface area contributed by atoms with Gasteiger partial charge in [0.05, 0.1) is 34.7 Å². The molecule has 5 rings (SSSR count). The van der Waals surface area contributed by atoms with Gasteiger partial charge in [0, 0.05) is 17.7 Å². The van der Waals surface area contributed by atoms with Crippen molar-refractivity contribution in [3.05, 3.63) is 106 Å². The maximum Gasteiger partial charge on any atom is 0.338 e. The van der Waals surface area contributed by atoms with Crippen LogP contribution in [0.2, 0.25) is 0 Å². The fraction of sp³-hybridized carbons (Fsp3) is 0.231. The van der Waals surface area contributed by atoms with Crippen LogP contribution in [0.15, 0.2) is 78.9 Å². The number of nitro benzene ring substituents is 1. The molecule has 0 saturated carbocycles. The molecule has 178 valence electrons. The normalized spacial score (nSPS) is 23.2. The third-order valence-corrected chi connectivity index (χ3v) is 6.58. The Hall–Kier alpha value is -4.08. The number of ether oxygens (including phenoxy) is 1. The van der Waals surface area contributed by atoms with Gasteiger partial charge < -0.3 is 9.64 Å². The smallest absolute Gasteiger partial charge is 0.338 e. The van der Waals surface area contributed by atoms with Crippen molar-refractivity contribution in [2.75, 3.05) is 11.5 Å². The van der Waals surface area contributed by atoms with Crippen LogP contribution in [0.25, 0.3) is 0 Å². The summed E-state index contributed by atoms with van der Waals surface area (Å²) in [5.74, 6) is -0.974. The fourth-order valence-corrected chi connectivity index (χ4v) is 5.09. The molecule has 2 saturated heterocycles. The van der Waals surface area contributed by atoms with E-state index >= 15 is 0 Å². The second-order valence-corrected chi connectivity index (χ2v) is 8.47. The van der Waals surface area contributed by atoms with Gasteiger partial charge >= 0.3 is 5.97 Å². The first-order chi connectivity index (χ1) is 17.0. The van der Waals surface area contributed by atoms with Crippen LogP contribution < -0.4 is 15.8 Å². The Bertz CT molecular complexity index is 1260. The Morgan fingerprint density at radius 1 is 0.971 bits per heavy atom. The molecule has 3 aromatic rings. The number of hydrogen-bond acceptors (Lipinski definition) is 7. The van der Waals surface area contributed by atoms with E-state index in [0.717, 1.165) is 5.56 Å². The summed E-state index contributed by atoms with van der Waals surface area (Å²) in [6.07, 6.45) is 0. The maximum absolute atomic E-state index is 13.7. The van der Waals surface area contributed by atoms with Gasteiger partial charge in [0.1, 0.15) is 6.04 Å². The van der Waals surface area contributed by atoms with Crippen LogP contribution in [0, 0.1) is 16.0 Å². The lowest BCUT2D eigenvalue weighted by Gasteiger charge is -2.31. The lowest BCUT2D eigenvalue weighted by molar-refractivity contribution is -0.385. The number of carbonyl (C=O) groups is 2. The molecule has 0 spiro atoms. The number of hydrazine groups is 1. The number of fused-ring (bicyclic) bond motifs is 1. The molecule has 9 nitrogen and oxygen atoms in total. The quantitative estimate of drug-likeness (QED) is 0.319. The number of rotatable bonds is 6. The highest BCUT2D eigenvalue weighted by Gasteiger charge is 2.57. The molecule has 4 unspecified atom stereocenters. The lowest BCUT2D eigenvalue weighted by Crippen LogP contribution is -2.41. The molecule has 1 amide bonds. The van der Waals surface area contributed by atoms with Crippen molar-refractivity contribution in [2.45, 2.75) is 25.0 Å². The number of hydrogen-bond donors (Lipinski definition) is 2. The largest absolute Gasteiger partial charge is 0.462 e. The SMILES string of the molecule is CCOC(=O)c1ccc(N2C(=O)C3NNC(c4ccccc4)C3C2c2ccccc2[N+](=O)[O-])cc1. The van der Waals surface area contributed by atoms with Crippen LogP contribution in [-0.4, -0.2) is 29.4 Å². The van der Waals surface area contributed by atoms with E-state index in [1.165, 1.54) is 6.07 Å². The lowest BCUT2D eigenvalue weighted by atomic mass is 9.83. The van der Waals surface area contributed by atoms with Crippen LogP contribution in [0.1, 0.15) is 40.5 Å². The zero-order chi connectivity index (χ0) is 24.5. The zero-order valence-electron chi connectivity index (χ0n) is 19.0. The number of para-hydroxylation sites is 1. The standard InChI is InChI=1S/C26H24N4O5/c1-2-35-26(32)17-12-14-18(15-13-17)29-24(19-10-6-7-11-20(19)30(33)34)21-22(16-8-4-3-5-9-16)27-28-23(21)25(29)31/h3-15,21-24,27-28H,2H2,1H3. The number of nitro groups is 1. The minimum atomic E-state index is -0.616. The van der Waals surface area contributed by atoms with E-state index < -0.39 is 23.0 Å². The van der Waals surface area contributed by atoms with Gasteiger partial charge in [0.25, 0.3) is 5.69 Å². The highest BCUT2D eigenvalue weighted by Crippen LogP contribution is 2.50. The highest BCUT2D eigenvalue weighted by molar-refractivity contribution is 6.02. The van der Waals surface area contributed by atoms with E-state index in [0.29, 0.717) is 16.8 Å². The Morgan fingerprint density at radius 3 is 2.31 bits per heavy atom. The number of anilines is 1. The summed E-state index contributed by atoms with van der Waals surface area (Å²) in [5.41, 5.74) is 8.67. The molecule has 0 radical (unpaired) electrons. The summed E-state index contributed by atoms with van der Waals surface area (Å²) in [4.78, 5) is 39.0. The summed E-state index contributed by atoms with van der Waals surface area (Å²) in [5, 5.41) is 11.9. The first kappa shape index (κ1) is 22.7. The topological polar surface area (TPSA) is 114 Å². The molecule has 2 aliphatic heterocycles. The highest BCUT2D eigenvalue weighted by atomic mass is 16.6. The van der Waals surface area contributed by atoms with E-state index in [-0.39, 0.29) is 30.2 Å². The van der Waals surface area contributed by atoms with Gasteiger partial charge in [-0.1, -0.05) is 48.5 Å². The molecule has 3 aromatic carbocycles. The van der Waals surface area contributed by atoms with Crippen molar-refractivity contribution >= 4 is 23.3 Å². The van der Waals surface area contributed by atoms with Crippen LogP contribution in [-0.2, 0) is 9.53 Å². The number of esters is 1. The van der Waals surface area contributed by atoms with E-state index in [9.17, 15) is 19.7 Å². The summed E-state index contributed by atoms with van der Waals surface area (Å²) in [6, 6.07) is 21.3. The molecular formula is C26H24N4O5. The first-order valence-electron chi connectivity index (χ1n) is 11.4. The minimum Gasteiger partial charge on any atom is -0.462 e. The second-order valence-electron chi connectivity index (χ2n) is 8.47. The first-order valence-corrected chi connectivity index (χ1v) is 11.4. The zero-order valence-corrected chi connectivity index (χ0v) is 19.0. The average molecular weight is 473 g/mol. The summed E-state index contributed by atoms with van der Waals surface area (Å²) >= 11 is 0. The summed E-state index contributed by atoms with van der Waals surface area (Å²) in [6.45, 7) is 1.99. The van der Waals surface area contributed by atoms with Crippen LogP contribution in [0.5, 0.6) is 0 Å². The Labute approximate surface area is 201 Å². The van der Waals surface area contributed by atoms with Crippen molar-refractivity contribution in [3.63, 3.8) is 0 Å². The fourth-order valence-electron chi connectivity index (χ4n) is 5.09. The molecule has 2 N–H and O–H groups in total. The monoisotopic (exact) mass is 472 g/mol. The molecular weight excluding hydrogens is 448 g/mol. The molecule has 2 aliphatic rings. The van der Waals surface area contributed by atoms with Crippen LogP contribution >= 0.6 is 0 Å². The third-order valence-electron chi connectivity index (χ3n) is 6.58. The Kier molecular flexibility index (Phi) is 6.02. The van der Waals surface area contributed by atoms with Gasteiger partial charge in [0.15, 0.2) is 0 Å². The summed E-state index contributed by atoms with van der Waals surface area (Å²) < 4.78 is 5.06. The molecule has 0 bridgehead atoms. The van der Waals surface area contributed by atoms with Crippen LogP contribution in [0.4, 0.5) is 11.4 Å². The van der Waals surface area contributed by atoms with E-state index in [4.69, 9.17) is 4.74 Å². The predicted molar refractivity (Wildman–Crippen MR) is 128 cm³/mol. The van der Waals surface area contributed by atoms with Crippen LogP contribution in [0.3, 0.4) is 0 Å². The van der Waals surface area contributed by atoms with Crippen molar-refractivity contribution in [1.82, 2.24) is 10.9 Å². The van der Waals surface area contributed by atoms with Gasteiger partial charge in [-0.3, -0.25) is 14.9 Å². The van der Waals surface area contributed by atoms with Gasteiger partial charge in [0.2, 0.25) is 5.91 Å². The van der Waals surface area contributed by atoms with Crippen molar-refractivity contribution in [2.24, 2.45) is 5.92 Å². The number of benzene rings is 3. The van der Waals surface area contributed by atoms with Gasteiger partial charge in [-0.25, -0.2) is 15.6 Å². The van der Waals surface area contributed by atoms with Crippen molar-refractivity contribution in [1.29, 1.82) is 0 Å². The Morgan fingerprint density at radius 2 is 1.63 bits per heavy atom. The van der Waals surface area contributed by atoms with E-state index in [1.807, 2.05) is 30.3 Å². The predicted octanol–water partition coefficient (Wildman–Crippen LogP) is 3.69. The number of amides is 1. The van der Waals surface area contributed by atoms with Crippen molar-refractivity contribution in [3.8, 4) is 0 Å². The Balaban J connectivity index is 1.62. The molecule has 0 aromatic heterocycles. The van der Waals surface area contributed by atoms with Crippen molar-refractivity contribution < 1.29 is 19.2 Å². The molecule has 4 atom stereocenters. The molecule has 0 aliphatic carbocycles. The van der Waals surface area contributed by atoms with Gasteiger partial charge in [-0.05, 0) is 36.8 Å². The molecule has 35 heavy (non-hydrogen) atoms. The third kappa shape index (κ3) is 3.94. The van der Waals surface area contributed by atoms with Gasteiger partial charge in [-0.2, -0.15) is 0 Å².